The molecule has 0 aromatic heterocycles. The molecule has 21 heavy (non-hydrogen) atoms. The highest BCUT2D eigenvalue weighted by molar-refractivity contribution is 5.97. The molecule has 3 heteroatoms. The van der Waals surface area contributed by atoms with Crippen LogP contribution in [0.15, 0.2) is 36.4 Å². The van der Waals surface area contributed by atoms with Crippen LogP contribution in [0, 0.1) is 20.8 Å². The van der Waals surface area contributed by atoms with Crippen molar-refractivity contribution in [3.8, 4) is 5.75 Å². The van der Waals surface area contributed by atoms with Crippen molar-refractivity contribution >= 4 is 5.91 Å². The van der Waals surface area contributed by atoms with Gasteiger partial charge in [0, 0.05) is 19.2 Å². The fourth-order valence-corrected chi connectivity index (χ4v) is 2.66. The summed E-state index contributed by atoms with van der Waals surface area (Å²) in [5, 5.41) is 9.30. The third-order valence-electron chi connectivity index (χ3n) is 3.59. The average Bonchev–Trinajstić information content (AvgIpc) is 2.40. The molecule has 0 bridgehead atoms. The van der Waals surface area contributed by atoms with Gasteiger partial charge in [-0.25, -0.2) is 0 Å². The Morgan fingerprint density at radius 3 is 2.10 bits per heavy atom. The molecule has 110 valence electrons. The number of carbonyl (C=O) groups is 1. The van der Waals surface area contributed by atoms with Crippen molar-refractivity contribution in [3.05, 3.63) is 64.2 Å². The summed E-state index contributed by atoms with van der Waals surface area (Å²) in [6.07, 6.45) is 0. The van der Waals surface area contributed by atoms with Crippen LogP contribution in [0.3, 0.4) is 0 Å². The van der Waals surface area contributed by atoms with Gasteiger partial charge in [0.2, 0.25) is 0 Å². The van der Waals surface area contributed by atoms with Crippen molar-refractivity contribution in [2.45, 2.75) is 27.3 Å². The standard InChI is InChI=1S/C18H21NO2/c1-12-9-13(2)17(14(3)10-12)18(21)19(4)11-15-5-7-16(20)8-6-15/h5-10,20H,11H2,1-4H3. The lowest BCUT2D eigenvalue weighted by atomic mass is 9.98. The quantitative estimate of drug-likeness (QED) is 0.935. The minimum absolute atomic E-state index is 0.0260. The van der Waals surface area contributed by atoms with E-state index in [-0.39, 0.29) is 11.7 Å². The normalized spacial score (nSPS) is 10.5. The Hall–Kier alpha value is -2.29. The second kappa shape index (κ2) is 6.00. The molecule has 0 radical (unpaired) electrons. The molecule has 1 N–H and O–H groups in total. The average molecular weight is 283 g/mol. The van der Waals surface area contributed by atoms with E-state index in [0.717, 1.165) is 22.3 Å². The van der Waals surface area contributed by atoms with Gasteiger partial charge in [-0.3, -0.25) is 4.79 Å². The van der Waals surface area contributed by atoms with Gasteiger partial charge in [0.1, 0.15) is 5.75 Å². The zero-order valence-corrected chi connectivity index (χ0v) is 13.0. The summed E-state index contributed by atoms with van der Waals surface area (Å²) in [5.41, 5.74) is 4.96. The zero-order valence-electron chi connectivity index (χ0n) is 13.0. The summed E-state index contributed by atoms with van der Waals surface area (Å²) in [7, 11) is 1.80. The van der Waals surface area contributed by atoms with Gasteiger partial charge in [0.05, 0.1) is 0 Å². The van der Waals surface area contributed by atoms with Crippen LogP contribution in [0.5, 0.6) is 5.75 Å². The van der Waals surface area contributed by atoms with Crippen molar-refractivity contribution in [3.63, 3.8) is 0 Å². The number of hydrogen-bond acceptors (Lipinski definition) is 2. The summed E-state index contributed by atoms with van der Waals surface area (Å²) in [6, 6.07) is 11.0. The topological polar surface area (TPSA) is 40.5 Å². The summed E-state index contributed by atoms with van der Waals surface area (Å²) in [6.45, 7) is 6.50. The van der Waals surface area contributed by atoms with Crippen molar-refractivity contribution < 1.29 is 9.90 Å². The van der Waals surface area contributed by atoms with E-state index in [1.165, 1.54) is 5.56 Å². The molecule has 2 aromatic rings. The highest BCUT2D eigenvalue weighted by atomic mass is 16.3. The molecule has 0 atom stereocenters. The third kappa shape index (κ3) is 3.43. The minimum Gasteiger partial charge on any atom is -0.508 e. The number of phenols is 1. The first-order valence-electron chi connectivity index (χ1n) is 6.99. The summed E-state index contributed by atoms with van der Waals surface area (Å²) in [4.78, 5) is 14.4. The van der Waals surface area contributed by atoms with Gasteiger partial charge in [-0.15, -0.1) is 0 Å². The Bertz CT molecular complexity index is 636. The first kappa shape index (κ1) is 15.1. The van der Waals surface area contributed by atoms with Crippen LogP contribution in [-0.4, -0.2) is 23.0 Å². The molecule has 0 unspecified atom stereocenters. The number of rotatable bonds is 3. The number of phenolic OH excluding ortho intramolecular Hbond substituents is 1. The highest BCUT2D eigenvalue weighted by Crippen LogP contribution is 2.19. The Kier molecular flexibility index (Phi) is 4.32. The molecule has 0 heterocycles. The summed E-state index contributed by atoms with van der Waals surface area (Å²) < 4.78 is 0. The van der Waals surface area contributed by atoms with Crippen LogP contribution in [-0.2, 0) is 6.54 Å². The molecule has 0 aliphatic carbocycles. The van der Waals surface area contributed by atoms with Crippen molar-refractivity contribution in [2.75, 3.05) is 7.05 Å². The maximum atomic E-state index is 12.6. The maximum Gasteiger partial charge on any atom is 0.254 e. The van der Waals surface area contributed by atoms with Crippen LogP contribution in [0.25, 0.3) is 0 Å². The molecular formula is C18H21NO2. The zero-order chi connectivity index (χ0) is 15.6. The molecule has 0 aliphatic heterocycles. The molecule has 1 amide bonds. The highest BCUT2D eigenvalue weighted by Gasteiger charge is 2.17. The van der Waals surface area contributed by atoms with Gasteiger partial charge in [0.25, 0.3) is 5.91 Å². The van der Waals surface area contributed by atoms with Gasteiger partial charge < -0.3 is 10.0 Å². The molecule has 0 aliphatic rings. The summed E-state index contributed by atoms with van der Waals surface area (Å²) in [5.74, 6) is 0.260. The first-order valence-corrected chi connectivity index (χ1v) is 6.99. The van der Waals surface area contributed by atoms with Gasteiger partial charge in [0.15, 0.2) is 0 Å². The van der Waals surface area contributed by atoms with E-state index >= 15 is 0 Å². The number of carbonyl (C=O) groups excluding carboxylic acids is 1. The van der Waals surface area contributed by atoms with E-state index in [2.05, 4.69) is 0 Å². The van der Waals surface area contributed by atoms with E-state index in [4.69, 9.17) is 0 Å². The molecule has 2 rings (SSSR count). The number of hydrogen-bond donors (Lipinski definition) is 1. The van der Waals surface area contributed by atoms with Gasteiger partial charge >= 0.3 is 0 Å². The van der Waals surface area contributed by atoms with E-state index < -0.39 is 0 Å². The van der Waals surface area contributed by atoms with Crippen molar-refractivity contribution in [1.82, 2.24) is 4.90 Å². The molecule has 0 saturated heterocycles. The predicted octanol–water partition coefficient (Wildman–Crippen LogP) is 3.59. The van der Waals surface area contributed by atoms with Crippen LogP contribution in [0.1, 0.15) is 32.6 Å². The minimum atomic E-state index is 0.0260. The smallest absolute Gasteiger partial charge is 0.254 e. The van der Waals surface area contributed by atoms with Gasteiger partial charge in [-0.05, 0) is 49.6 Å². The number of aromatic hydroxyl groups is 1. The Morgan fingerprint density at radius 2 is 1.57 bits per heavy atom. The van der Waals surface area contributed by atoms with Gasteiger partial charge in [-0.1, -0.05) is 29.8 Å². The number of benzene rings is 2. The Labute approximate surface area is 125 Å². The summed E-state index contributed by atoms with van der Waals surface area (Å²) >= 11 is 0. The second-order valence-corrected chi connectivity index (χ2v) is 5.60. The molecule has 0 spiro atoms. The monoisotopic (exact) mass is 283 g/mol. The molecule has 0 fully saturated rings. The van der Waals surface area contributed by atoms with E-state index in [0.29, 0.717) is 6.54 Å². The predicted molar refractivity (Wildman–Crippen MR) is 84.6 cm³/mol. The lowest BCUT2D eigenvalue weighted by Crippen LogP contribution is -2.27. The second-order valence-electron chi connectivity index (χ2n) is 5.60. The maximum absolute atomic E-state index is 12.6. The Morgan fingerprint density at radius 1 is 1.05 bits per heavy atom. The fraction of sp³-hybridized carbons (Fsp3) is 0.278. The van der Waals surface area contributed by atoms with Crippen LogP contribution < -0.4 is 0 Å². The van der Waals surface area contributed by atoms with E-state index in [1.807, 2.05) is 45.0 Å². The van der Waals surface area contributed by atoms with Crippen molar-refractivity contribution in [1.29, 1.82) is 0 Å². The number of amides is 1. The Balaban J connectivity index is 2.22. The number of nitrogens with zero attached hydrogens (tertiary/aromatic N) is 1. The van der Waals surface area contributed by atoms with E-state index in [1.54, 1.807) is 24.1 Å². The van der Waals surface area contributed by atoms with E-state index in [9.17, 15) is 9.90 Å². The van der Waals surface area contributed by atoms with Gasteiger partial charge in [-0.2, -0.15) is 0 Å². The molecule has 3 nitrogen and oxygen atoms in total. The van der Waals surface area contributed by atoms with Crippen LogP contribution in [0.2, 0.25) is 0 Å². The third-order valence-corrected chi connectivity index (χ3v) is 3.59. The molecular weight excluding hydrogens is 262 g/mol. The SMILES string of the molecule is Cc1cc(C)c(C(=O)N(C)Cc2ccc(O)cc2)c(C)c1. The number of aryl methyl sites for hydroxylation is 3. The fourth-order valence-electron chi connectivity index (χ4n) is 2.66. The lowest BCUT2D eigenvalue weighted by Gasteiger charge is -2.20. The molecule has 2 aromatic carbocycles. The molecule has 0 saturated carbocycles. The largest absolute Gasteiger partial charge is 0.508 e. The first-order chi connectivity index (χ1) is 9.88. The lowest BCUT2D eigenvalue weighted by molar-refractivity contribution is 0.0783. The van der Waals surface area contributed by atoms with Crippen LogP contribution >= 0.6 is 0 Å². The van der Waals surface area contributed by atoms with Crippen molar-refractivity contribution in [2.24, 2.45) is 0 Å². The van der Waals surface area contributed by atoms with Crippen LogP contribution in [0.4, 0.5) is 0 Å².